The number of halogens is 1. The molecule has 0 aromatic carbocycles. The summed E-state index contributed by atoms with van der Waals surface area (Å²) in [6.07, 6.45) is 1.29. The van der Waals surface area contributed by atoms with E-state index >= 15 is 0 Å². The first-order valence-electron chi connectivity index (χ1n) is 5.36. The molecular formula is C10H21BrN2O. The summed E-state index contributed by atoms with van der Waals surface area (Å²) in [5.41, 5.74) is 0. The Morgan fingerprint density at radius 2 is 1.71 bits per heavy atom. The number of hydrogen-bond acceptors (Lipinski definition) is 3. The van der Waals surface area contributed by atoms with Gasteiger partial charge in [0.15, 0.2) is 0 Å². The molecule has 0 unspecified atom stereocenters. The minimum atomic E-state index is 0.860. The lowest BCUT2D eigenvalue weighted by molar-refractivity contribution is 0.149. The van der Waals surface area contributed by atoms with E-state index in [1.54, 1.807) is 7.11 Å². The van der Waals surface area contributed by atoms with Gasteiger partial charge in [-0.1, -0.05) is 15.9 Å². The summed E-state index contributed by atoms with van der Waals surface area (Å²) in [6.45, 7) is 7.98. The third-order valence-electron chi connectivity index (χ3n) is 2.69. The van der Waals surface area contributed by atoms with Crippen molar-refractivity contribution in [3.05, 3.63) is 0 Å². The summed E-state index contributed by atoms with van der Waals surface area (Å²) in [5, 5.41) is 1.09. The Labute approximate surface area is 95.5 Å². The molecule has 14 heavy (non-hydrogen) atoms. The fraction of sp³-hybridized carbons (Fsp3) is 1.00. The molecule has 0 bridgehead atoms. The molecule has 0 aromatic heterocycles. The SMILES string of the molecule is COCCN1CCCN(CCBr)CC1. The molecule has 0 saturated carbocycles. The van der Waals surface area contributed by atoms with Gasteiger partial charge in [-0.2, -0.15) is 0 Å². The van der Waals surface area contributed by atoms with Gasteiger partial charge in [0, 0.05) is 38.6 Å². The Kier molecular flexibility index (Phi) is 6.77. The molecular weight excluding hydrogens is 244 g/mol. The maximum Gasteiger partial charge on any atom is 0.0589 e. The van der Waals surface area contributed by atoms with E-state index in [4.69, 9.17) is 4.74 Å². The molecule has 1 fully saturated rings. The monoisotopic (exact) mass is 264 g/mol. The predicted molar refractivity (Wildman–Crippen MR) is 63.2 cm³/mol. The standard InChI is InChI=1S/C10H21BrN2O/c1-14-10-9-13-5-2-4-12(6-3-11)7-8-13/h2-10H2,1H3. The lowest BCUT2D eigenvalue weighted by Gasteiger charge is -2.20. The highest BCUT2D eigenvalue weighted by Gasteiger charge is 2.13. The van der Waals surface area contributed by atoms with Crippen molar-refractivity contribution >= 4 is 15.9 Å². The van der Waals surface area contributed by atoms with Crippen LogP contribution in [0.2, 0.25) is 0 Å². The highest BCUT2D eigenvalue weighted by atomic mass is 79.9. The second-order valence-electron chi connectivity index (χ2n) is 3.72. The number of rotatable bonds is 5. The molecule has 1 aliphatic rings. The lowest BCUT2D eigenvalue weighted by atomic mass is 10.4. The Morgan fingerprint density at radius 1 is 1.07 bits per heavy atom. The highest BCUT2D eigenvalue weighted by molar-refractivity contribution is 9.09. The third-order valence-corrected chi connectivity index (χ3v) is 3.05. The van der Waals surface area contributed by atoms with Crippen molar-refractivity contribution in [1.82, 2.24) is 9.80 Å². The molecule has 0 spiro atoms. The molecule has 0 amide bonds. The van der Waals surface area contributed by atoms with Crippen LogP contribution in [0.4, 0.5) is 0 Å². The van der Waals surface area contributed by atoms with Gasteiger partial charge < -0.3 is 9.64 Å². The third kappa shape index (κ3) is 4.73. The molecule has 3 nitrogen and oxygen atoms in total. The predicted octanol–water partition coefficient (Wildman–Crippen LogP) is 1.04. The summed E-state index contributed by atoms with van der Waals surface area (Å²) in [4.78, 5) is 5.03. The zero-order valence-electron chi connectivity index (χ0n) is 9.04. The number of alkyl halides is 1. The largest absolute Gasteiger partial charge is 0.383 e. The number of methoxy groups -OCH3 is 1. The van der Waals surface area contributed by atoms with Gasteiger partial charge >= 0.3 is 0 Å². The van der Waals surface area contributed by atoms with Crippen molar-refractivity contribution in [2.45, 2.75) is 6.42 Å². The summed E-state index contributed by atoms with van der Waals surface area (Å²) < 4.78 is 5.10. The van der Waals surface area contributed by atoms with Gasteiger partial charge in [-0.25, -0.2) is 0 Å². The summed E-state index contributed by atoms with van der Waals surface area (Å²) in [6, 6.07) is 0. The minimum absolute atomic E-state index is 0.860. The van der Waals surface area contributed by atoms with Gasteiger partial charge in [0.25, 0.3) is 0 Å². The van der Waals surface area contributed by atoms with Crippen molar-refractivity contribution < 1.29 is 4.74 Å². The average Bonchev–Trinajstić information content (AvgIpc) is 2.41. The van der Waals surface area contributed by atoms with E-state index in [0.29, 0.717) is 0 Å². The fourth-order valence-electron chi connectivity index (χ4n) is 1.81. The van der Waals surface area contributed by atoms with Crippen LogP contribution in [0.3, 0.4) is 0 Å². The Bertz CT molecular complexity index is 146. The normalized spacial score (nSPS) is 21.0. The molecule has 1 aliphatic heterocycles. The van der Waals surface area contributed by atoms with Crippen molar-refractivity contribution in [3.63, 3.8) is 0 Å². The first kappa shape index (κ1) is 12.4. The van der Waals surface area contributed by atoms with Gasteiger partial charge in [0.05, 0.1) is 6.61 Å². The second kappa shape index (κ2) is 7.63. The van der Waals surface area contributed by atoms with Crippen LogP contribution in [0, 0.1) is 0 Å². The van der Waals surface area contributed by atoms with Crippen molar-refractivity contribution in [2.75, 3.05) is 58.3 Å². The van der Waals surface area contributed by atoms with Gasteiger partial charge in [-0.15, -0.1) is 0 Å². The lowest BCUT2D eigenvalue weighted by Crippen LogP contribution is -2.33. The number of ether oxygens (including phenoxy) is 1. The van der Waals surface area contributed by atoms with Crippen LogP contribution in [0.1, 0.15) is 6.42 Å². The second-order valence-corrected chi connectivity index (χ2v) is 4.51. The van der Waals surface area contributed by atoms with Crippen LogP contribution in [0.5, 0.6) is 0 Å². The Morgan fingerprint density at radius 3 is 2.29 bits per heavy atom. The van der Waals surface area contributed by atoms with E-state index in [2.05, 4.69) is 25.7 Å². The number of nitrogens with zero attached hydrogens (tertiary/aromatic N) is 2. The van der Waals surface area contributed by atoms with Crippen LogP contribution >= 0.6 is 15.9 Å². The van der Waals surface area contributed by atoms with Crippen molar-refractivity contribution in [3.8, 4) is 0 Å². The molecule has 0 atom stereocenters. The van der Waals surface area contributed by atoms with Crippen molar-refractivity contribution in [2.24, 2.45) is 0 Å². The molecule has 0 N–H and O–H groups in total. The Hall–Kier alpha value is 0.360. The van der Waals surface area contributed by atoms with Crippen LogP contribution in [0.25, 0.3) is 0 Å². The maximum atomic E-state index is 5.10. The van der Waals surface area contributed by atoms with E-state index in [-0.39, 0.29) is 0 Å². The Balaban J connectivity index is 2.19. The van der Waals surface area contributed by atoms with Crippen LogP contribution in [-0.4, -0.2) is 68.1 Å². The smallest absolute Gasteiger partial charge is 0.0589 e. The first-order chi connectivity index (χ1) is 6.86. The molecule has 1 heterocycles. The number of hydrogen-bond donors (Lipinski definition) is 0. The molecule has 0 radical (unpaired) electrons. The van der Waals surface area contributed by atoms with E-state index in [9.17, 15) is 0 Å². The summed E-state index contributed by atoms with van der Waals surface area (Å²) in [7, 11) is 1.77. The molecule has 1 rings (SSSR count). The van der Waals surface area contributed by atoms with E-state index in [1.807, 2.05) is 0 Å². The fourth-order valence-corrected chi connectivity index (χ4v) is 2.31. The topological polar surface area (TPSA) is 15.7 Å². The van der Waals surface area contributed by atoms with Crippen LogP contribution in [-0.2, 0) is 4.74 Å². The van der Waals surface area contributed by atoms with Crippen LogP contribution in [0.15, 0.2) is 0 Å². The van der Waals surface area contributed by atoms with Gasteiger partial charge in [0.1, 0.15) is 0 Å². The molecule has 84 valence electrons. The van der Waals surface area contributed by atoms with E-state index < -0.39 is 0 Å². The first-order valence-corrected chi connectivity index (χ1v) is 6.48. The van der Waals surface area contributed by atoms with Crippen molar-refractivity contribution in [1.29, 1.82) is 0 Å². The van der Waals surface area contributed by atoms with E-state index in [0.717, 1.165) is 18.5 Å². The highest BCUT2D eigenvalue weighted by Crippen LogP contribution is 2.03. The summed E-state index contributed by atoms with van der Waals surface area (Å²) in [5.74, 6) is 0. The van der Waals surface area contributed by atoms with Crippen LogP contribution < -0.4 is 0 Å². The van der Waals surface area contributed by atoms with E-state index in [1.165, 1.54) is 39.1 Å². The quantitative estimate of drug-likeness (QED) is 0.691. The van der Waals surface area contributed by atoms with Gasteiger partial charge in [-0.3, -0.25) is 4.90 Å². The zero-order chi connectivity index (χ0) is 10.2. The molecule has 0 aliphatic carbocycles. The minimum Gasteiger partial charge on any atom is -0.383 e. The van der Waals surface area contributed by atoms with Gasteiger partial charge in [-0.05, 0) is 19.5 Å². The van der Waals surface area contributed by atoms with Gasteiger partial charge in [0.2, 0.25) is 0 Å². The zero-order valence-corrected chi connectivity index (χ0v) is 10.6. The summed E-state index contributed by atoms with van der Waals surface area (Å²) >= 11 is 3.49. The average molecular weight is 265 g/mol. The maximum absolute atomic E-state index is 5.10. The molecule has 1 saturated heterocycles. The molecule has 0 aromatic rings. The molecule has 4 heteroatoms.